The van der Waals surface area contributed by atoms with Crippen molar-refractivity contribution in [3.05, 3.63) is 41.4 Å². The molecule has 2 saturated heterocycles. The van der Waals surface area contributed by atoms with Gasteiger partial charge in [0.25, 0.3) is 0 Å². The molecule has 0 spiro atoms. The number of rotatable bonds is 4. The molecular weight excluding hydrogens is 400 g/mol. The Morgan fingerprint density at radius 1 is 0.900 bits per heavy atom. The van der Waals surface area contributed by atoms with Crippen LogP contribution in [0.1, 0.15) is 12.8 Å². The fourth-order valence-electron chi connectivity index (χ4n) is 4.18. The fraction of sp³-hybridized carbons (Fsp3) is 0.500. The molecular formula is C22H29ClN6O. The summed E-state index contributed by atoms with van der Waals surface area (Å²) in [5.74, 6) is 2.15. The summed E-state index contributed by atoms with van der Waals surface area (Å²) in [6, 6.07) is 11.9. The van der Waals surface area contributed by atoms with Gasteiger partial charge in [-0.05, 0) is 49.2 Å². The third kappa shape index (κ3) is 4.61. The van der Waals surface area contributed by atoms with Crippen molar-refractivity contribution >= 4 is 34.8 Å². The molecule has 0 aliphatic carbocycles. The van der Waals surface area contributed by atoms with E-state index in [1.807, 2.05) is 60.3 Å². The number of halogens is 1. The number of piperazine rings is 1. The number of amides is 1. The van der Waals surface area contributed by atoms with Crippen LogP contribution in [0.4, 0.5) is 17.3 Å². The van der Waals surface area contributed by atoms with Gasteiger partial charge in [0.05, 0.1) is 0 Å². The van der Waals surface area contributed by atoms with Crippen LogP contribution in [-0.2, 0) is 4.79 Å². The molecule has 1 amide bonds. The minimum Gasteiger partial charge on any atom is -0.368 e. The summed E-state index contributed by atoms with van der Waals surface area (Å²) >= 11 is 5.99. The van der Waals surface area contributed by atoms with Crippen molar-refractivity contribution in [3.8, 4) is 0 Å². The second-order valence-electron chi connectivity index (χ2n) is 8.19. The molecule has 1 aromatic heterocycles. The predicted molar refractivity (Wildman–Crippen MR) is 122 cm³/mol. The first kappa shape index (κ1) is 20.7. The number of carbonyl (C=O) groups is 1. The van der Waals surface area contributed by atoms with Crippen LogP contribution in [0.15, 0.2) is 36.4 Å². The molecule has 2 fully saturated rings. The standard InChI is InChI=1S/C22H29ClN6O/c1-26(2)20-7-8-21(25-24-20)28-11-9-17(10-12-28)22(30)29-15-13-27(14-16-29)19-5-3-18(23)4-6-19/h3-8,17H,9-16H2,1-2H3. The maximum atomic E-state index is 13.0. The minimum atomic E-state index is 0.109. The van der Waals surface area contributed by atoms with E-state index in [-0.39, 0.29) is 5.92 Å². The van der Waals surface area contributed by atoms with Crippen molar-refractivity contribution in [2.24, 2.45) is 5.92 Å². The van der Waals surface area contributed by atoms with Crippen LogP contribution in [0.5, 0.6) is 0 Å². The Morgan fingerprint density at radius 2 is 1.57 bits per heavy atom. The molecule has 2 aromatic rings. The summed E-state index contributed by atoms with van der Waals surface area (Å²) in [5, 5.41) is 9.36. The Hall–Kier alpha value is -2.54. The number of benzene rings is 1. The van der Waals surface area contributed by atoms with Crippen molar-refractivity contribution in [1.82, 2.24) is 15.1 Å². The first-order chi connectivity index (χ1) is 14.5. The SMILES string of the molecule is CN(C)c1ccc(N2CCC(C(=O)N3CCN(c4ccc(Cl)cc4)CC3)CC2)nn1. The van der Waals surface area contributed by atoms with Crippen LogP contribution in [0.3, 0.4) is 0 Å². The first-order valence-corrected chi connectivity index (χ1v) is 10.9. The van der Waals surface area contributed by atoms with Gasteiger partial charge in [0.1, 0.15) is 0 Å². The normalized spacial score (nSPS) is 17.9. The van der Waals surface area contributed by atoms with Gasteiger partial charge < -0.3 is 19.6 Å². The molecule has 2 aliphatic heterocycles. The largest absolute Gasteiger partial charge is 0.368 e. The molecule has 8 heteroatoms. The van der Waals surface area contributed by atoms with Crippen molar-refractivity contribution in [2.75, 3.05) is 68.1 Å². The van der Waals surface area contributed by atoms with E-state index in [9.17, 15) is 4.79 Å². The van der Waals surface area contributed by atoms with Gasteiger partial charge in [0.15, 0.2) is 11.6 Å². The number of anilines is 3. The van der Waals surface area contributed by atoms with E-state index in [1.165, 1.54) is 5.69 Å². The Morgan fingerprint density at radius 3 is 2.13 bits per heavy atom. The van der Waals surface area contributed by atoms with Crippen LogP contribution in [0.25, 0.3) is 0 Å². The number of hydrogen-bond acceptors (Lipinski definition) is 6. The highest BCUT2D eigenvalue weighted by Gasteiger charge is 2.31. The second kappa shape index (κ2) is 9.08. The van der Waals surface area contributed by atoms with Gasteiger partial charge in [-0.2, -0.15) is 0 Å². The minimum absolute atomic E-state index is 0.109. The number of aromatic nitrogens is 2. The maximum absolute atomic E-state index is 13.0. The Kier molecular flexibility index (Phi) is 6.27. The average Bonchev–Trinajstić information content (AvgIpc) is 2.79. The number of piperidine rings is 1. The monoisotopic (exact) mass is 428 g/mol. The highest BCUT2D eigenvalue weighted by Crippen LogP contribution is 2.25. The Bertz CT molecular complexity index is 841. The van der Waals surface area contributed by atoms with Crippen molar-refractivity contribution in [1.29, 1.82) is 0 Å². The van der Waals surface area contributed by atoms with Crippen LogP contribution in [0, 0.1) is 5.92 Å². The number of carbonyl (C=O) groups excluding carboxylic acids is 1. The molecule has 1 aromatic carbocycles. The van der Waals surface area contributed by atoms with Gasteiger partial charge in [-0.15, -0.1) is 10.2 Å². The van der Waals surface area contributed by atoms with Gasteiger partial charge in [0, 0.05) is 70.0 Å². The van der Waals surface area contributed by atoms with E-state index < -0.39 is 0 Å². The third-order valence-corrected chi connectivity index (χ3v) is 6.30. The maximum Gasteiger partial charge on any atom is 0.225 e. The molecule has 0 N–H and O–H groups in total. The van der Waals surface area contributed by atoms with Crippen molar-refractivity contribution in [2.45, 2.75) is 12.8 Å². The van der Waals surface area contributed by atoms with E-state index in [4.69, 9.17) is 11.6 Å². The second-order valence-corrected chi connectivity index (χ2v) is 8.63. The van der Waals surface area contributed by atoms with Crippen LogP contribution >= 0.6 is 11.6 Å². The van der Waals surface area contributed by atoms with E-state index in [1.54, 1.807) is 0 Å². The lowest BCUT2D eigenvalue weighted by atomic mass is 9.95. The summed E-state index contributed by atoms with van der Waals surface area (Å²) in [4.78, 5) is 21.6. The molecule has 2 aliphatic rings. The summed E-state index contributed by atoms with van der Waals surface area (Å²) < 4.78 is 0. The lowest BCUT2D eigenvalue weighted by Gasteiger charge is -2.39. The zero-order valence-corrected chi connectivity index (χ0v) is 18.4. The quantitative estimate of drug-likeness (QED) is 0.746. The molecule has 0 radical (unpaired) electrons. The molecule has 0 atom stereocenters. The summed E-state index contributed by atoms with van der Waals surface area (Å²) in [6.07, 6.45) is 1.74. The smallest absolute Gasteiger partial charge is 0.225 e. The van der Waals surface area contributed by atoms with Crippen LogP contribution < -0.4 is 14.7 Å². The lowest BCUT2D eigenvalue weighted by molar-refractivity contribution is -0.136. The van der Waals surface area contributed by atoms with E-state index in [0.29, 0.717) is 5.91 Å². The van der Waals surface area contributed by atoms with Gasteiger partial charge >= 0.3 is 0 Å². The van der Waals surface area contributed by atoms with Crippen LogP contribution in [-0.4, -0.2) is 74.4 Å². The highest BCUT2D eigenvalue weighted by molar-refractivity contribution is 6.30. The van der Waals surface area contributed by atoms with Crippen LogP contribution in [0.2, 0.25) is 5.02 Å². The topological polar surface area (TPSA) is 55.8 Å². The first-order valence-electron chi connectivity index (χ1n) is 10.6. The zero-order chi connectivity index (χ0) is 21.1. The third-order valence-electron chi connectivity index (χ3n) is 6.05. The zero-order valence-electron chi connectivity index (χ0n) is 17.7. The Labute approximate surface area is 183 Å². The van der Waals surface area contributed by atoms with Gasteiger partial charge in [-0.1, -0.05) is 11.6 Å². The van der Waals surface area contributed by atoms with Crippen molar-refractivity contribution < 1.29 is 4.79 Å². The summed E-state index contributed by atoms with van der Waals surface area (Å²) in [7, 11) is 3.91. The van der Waals surface area contributed by atoms with Gasteiger partial charge in [-0.25, -0.2) is 0 Å². The summed E-state index contributed by atoms with van der Waals surface area (Å²) in [6.45, 7) is 4.96. The molecule has 0 bridgehead atoms. The van der Waals surface area contributed by atoms with Gasteiger partial charge in [-0.3, -0.25) is 4.79 Å². The number of hydrogen-bond donors (Lipinski definition) is 0. The highest BCUT2D eigenvalue weighted by atomic mass is 35.5. The van der Waals surface area contributed by atoms with E-state index in [2.05, 4.69) is 20.0 Å². The fourth-order valence-corrected chi connectivity index (χ4v) is 4.30. The number of nitrogens with zero attached hydrogens (tertiary/aromatic N) is 6. The van der Waals surface area contributed by atoms with Gasteiger partial charge in [0.2, 0.25) is 5.91 Å². The molecule has 160 valence electrons. The predicted octanol–water partition coefficient (Wildman–Crippen LogP) is 2.76. The molecule has 0 unspecified atom stereocenters. The Balaban J connectivity index is 1.27. The molecule has 3 heterocycles. The molecule has 30 heavy (non-hydrogen) atoms. The summed E-state index contributed by atoms with van der Waals surface area (Å²) in [5.41, 5.74) is 1.17. The lowest BCUT2D eigenvalue weighted by Crippen LogP contribution is -2.51. The molecule has 4 rings (SSSR count). The van der Waals surface area contributed by atoms with E-state index in [0.717, 1.165) is 68.8 Å². The molecule has 0 saturated carbocycles. The average molecular weight is 429 g/mol. The van der Waals surface area contributed by atoms with Crippen molar-refractivity contribution in [3.63, 3.8) is 0 Å². The molecule has 7 nitrogen and oxygen atoms in total. The van der Waals surface area contributed by atoms with E-state index >= 15 is 0 Å².